The Hall–Kier alpha value is -1.75. The van der Waals surface area contributed by atoms with Gasteiger partial charge in [-0.15, -0.1) is 0 Å². The second kappa shape index (κ2) is 8.03. The van der Waals surface area contributed by atoms with Gasteiger partial charge in [0, 0.05) is 19.6 Å². The number of aliphatic imine (C=N–C) groups is 1. The number of likely N-dealkylation sites (N-methyl/N-ethyl adjacent to an activating group) is 1. The van der Waals surface area contributed by atoms with Gasteiger partial charge in [0.05, 0.1) is 12.1 Å². The molecule has 1 heterocycles. The third-order valence-electron chi connectivity index (χ3n) is 3.62. The van der Waals surface area contributed by atoms with Gasteiger partial charge in [-0.3, -0.25) is 4.99 Å². The first kappa shape index (κ1) is 16.6. The van der Waals surface area contributed by atoms with Crippen LogP contribution in [0.25, 0.3) is 0 Å². The summed E-state index contributed by atoms with van der Waals surface area (Å²) < 4.78 is 5.71. The van der Waals surface area contributed by atoms with Crippen LogP contribution in [0.2, 0.25) is 0 Å². The number of benzene rings is 1. The summed E-state index contributed by atoms with van der Waals surface area (Å²) in [6, 6.07) is 8.66. The Balaban J connectivity index is 1.99. The molecular weight excluding hydrogens is 276 g/mol. The van der Waals surface area contributed by atoms with Crippen LogP contribution in [0.1, 0.15) is 31.9 Å². The molecule has 0 spiro atoms. The predicted octanol–water partition coefficient (Wildman–Crippen LogP) is 2.02. The van der Waals surface area contributed by atoms with E-state index in [0.717, 1.165) is 37.8 Å². The van der Waals surface area contributed by atoms with E-state index in [4.69, 9.17) is 4.74 Å². The second-order valence-electron chi connectivity index (χ2n) is 6.11. The number of ether oxygens (including phenoxy) is 1. The molecule has 0 fully saturated rings. The molecule has 0 amide bonds. The highest BCUT2D eigenvalue weighted by Gasteiger charge is 2.15. The number of nitrogens with zero attached hydrogens (tertiary/aromatic N) is 2. The van der Waals surface area contributed by atoms with E-state index < -0.39 is 0 Å². The number of rotatable bonds is 6. The zero-order valence-electron chi connectivity index (χ0n) is 14.1. The van der Waals surface area contributed by atoms with Crippen molar-refractivity contribution in [3.63, 3.8) is 0 Å². The van der Waals surface area contributed by atoms with Crippen molar-refractivity contribution in [3.8, 4) is 5.75 Å². The normalized spacial score (nSPS) is 16.2. The molecule has 0 radical (unpaired) electrons. The molecule has 0 bridgehead atoms. The molecular formula is C17H28N4O. The van der Waals surface area contributed by atoms with Crippen LogP contribution in [-0.2, 0) is 0 Å². The molecule has 0 aromatic heterocycles. The van der Waals surface area contributed by atoms with Gasteiger partial charge < -0.3 is 20.3 Å². The Labute approximate surface area is 133 Å². The average molecular weight is 304 g/mol. The molecule has 5 heteroatoms. The Morgan fingerprint density at radius 1 is 1.27 bits per heavy atom. The highest BCUT2D eigenvalue weighted by Crippen LogP contribution is 2.21. The summed E-state index contributed by atoms with van der Waals surface area (Å²) in [6.45, 7) is 6.81. The first-order chi connectivity index (χ1) is 10.6. The smallest absolute Gasteiger partial charge is 0.191 e. The van der Waals surface area contributed by atoms with E-state index in [1.807, 2.05) is 26.0 Å². The first-order valence-electron chi connectivity index (χ1n) is 8.01. The van der Waals surface area contributed by atoms with Crippen LogP contribution < -0.4 is 15.4 Å². The van der Waals surface area contributed by atoms with Gasteiger partial charge in [0.15, 0.2) is 5.96 Å². The van der Waals surface area contributed by atoms with Crippen molar-refractivity contribution < 1.29 is 4.74 Å². The Bertz CT molecular complexity index is 482. The molecule has 0 aliphatic carbocycles. The maximum Gasteiger partial charge on any atom is 0.191 e. The molecule has 5 nitrogen and oxygen atoms in total. The van der Waals surface area contributed by atoms with E-state index >= 15 is 0 Å². The van der Waals surface area contributed by atoms with E-state index in [9.17, 15) is 0 Å². The number of nitrogens with one attached hydrogen (secondary N) is 2. The van der Waals surface area contributed by atoms with Crippen LogP contribution in [0.15, 0.2) is 29.3 Å². The van der Waals surface area contributed by atoms with Crippen molar-refractivity contribution in [3.05, 3.63) is 29.8 Å². The van der Waals surface area contributed by atoms with Gasteiger partial charge in [-0.05, 0) is 52.1 Å². The largest absolute Gasteiger partial charge is 0.491 e. The summed E-state index contributed by atoms with van der Waals surface area (Å²) in [4.78, 5) is 6.67. The summed E-state index contributed by atoms with van der Waals surface area (Å²) in [5, 5.41) is 6.71. The topological polar surface area (TPSA) is 48.9 Å². The molecule has 22 heavy (non-hydrogen) atoms. The molecule has 1 atom stereocenters. The average Bonchev–Trinajstić information content (AvgIpc) is 2.49. The standard InChI is InChI=1S/C17H28N4O/c1-13(2)22-15-8-6-14(7-9-15)16(21(3)4)12-20-17-18-10-5-11-19-17/h6-9,13,16H,5,10-12H2,1-4H3,(H2,18,19,20). The van der Waals surface area contributed by atoms with Crippen molar-refractivity contribution in [1.29, 1.82) is 0 Å². The third-order valence-corrected chi connectivity index (χ3v) is 3.62. The van der Waals surface area contributed by atoms with Gasteiger partial charge >= 0.3 is 0 Å². The number of guanidine groups is 1. The lowest BCUT2D eigenvalue weighted by Gasteiger charge is -2.27. The summed E-state index contributed by atoms with van der Waals surface area (Å²) in [7, 11) is 4.20. The van der Waals surface area contributed by atoms with Gasteiger partial charge in [-0.1, -0.05) is 12.1 Å². The van der Waals surface area contributed by atoms with Crippen LogP contribution in [0.3, 0.4) is 0 Å². The zero-order valence-corrected chi connectivity index (χ0v) is 14.1. The summed E-state index contributed by atoms with van der Waals surface area (Å²) >= 11 is 0. The lowest BCUT2D eigenvalue weighted by Crippen LogP contribution is -2.44. The summed E-state index contributed by atoms with van der Waals surface area (Å²) in [6.07, 6.45) is 1.31. The van der Waals surface area contributed by atoms with Crippen LogP contribution in [0, 0.1) is 0 Å². The van der Waals surface area contributed by atoms with Crippen molar-refractivity contribution in [2.45, 2.75) is 32.4 Å². The maximum absolute atomic E-state index is 5.71. The lowest BCUT2D eigenvalue weighted by molar-refractivity contribution is 0.242. The number of hydrogen-bond acceptors (Lipinski definition) is 5. The van der Waals surface area contributed by atoms with E-state index in [1.165, 1.54) is 5.56 Å². The zero-order chi connectivity index (χ0) is 15.9. The third kappa shape index (κ3) is 4.91. The second-order valence-corrected chi connectivity index (χ2v) is 6.11. The molecule has 2 N–H and O–H groups in total. The predicted molar refractivity (Wildman–Crippen MR) is 91.6 cm³/mol. The fourth-order valence-corrected chi connectivity index (χ4v) is 2.48. The van der Waals surface area contributed by atoms with Gasteiger partial charge in [-0.25, -0.2) is 0 Å². The van der Waals surface area contributed by atoms with E-state index in [-0.39, 0.29) is 6.10 Å². The fraction of sp³-hybridized carbons (Fsp3) is 0.588. The fourth-order valence-electron chi connectivity index (χ4n) is 2.48. The maximum atomic E-state index is 5.71. The molecule has 122 valence electrons. The molecule has 1 aliphatic heterocycles. The minimum Gasteiger partial charge on any atom is -0.491 e. The Morgan fingerprint density at radius 2 is 2.00 bits per heavy atom. The highest BCUT2D eigenvalue weighted by molar-refractivity contribution is 5.80. The van der Waals surface area contributed by atoms with Crippen LogP contribution in [-0.4, -0.2) is 50.7 Å². The van der Waals surface area contributed by atoms with Crippen molar-refractivity contribution in [2.24, 2.45) is 4.99 Å². The molecule has 0 saturated heterocycles. The van der Waals surface area contributed by atoms with Crippen molar-refractivity contribution in [1.82, 2.24) is 15.5 Å². The van der Waals surface area contributed by atoms with E-state index in [2.05, 4.69) is 46.8 Å². The lowest BCUT2D eigenvalue weighted by atomic mass is 10.1. The van der Waals surface area contributed by atoms with Gasteiger partial charge in [-0.2, -0.15) is 0 Å². The number of hydrogen-bond donors (Lipinski definition) is 2. The molecule has 0 saturated carbocycles. The quantitative estimate of drug-likeness (QED) is 0.844. The van der Waals surface area contributed by atoms with Crippen LogP contribution in [0.5, 0.6) is 5.75 Å². The monoisotopic (exact) mass is 304 g/mol. The van der Waals surface area contributed by atoms with E-state index in [0.29, 0.717) is 6.04 Å². The molecule has 1 aliphatic rings. The Morgan fingerprint density at radius 3 is 2.55 bits per heavy atom. The molecule has 2 rings (SSSR count). The van der Waals surface area contributed by atoms with Crippen molar-refractivity contribution in [2.75, 3.05) is 33.7 Å². The summed E-state index contributed by atoms with van der Waals surface area (Å²) in [5.74, 6) is 1.83. The van der Waals surface area contributed by atoms with Gasteiger partial charge in [0.2, 0.25) is 0 Å². The van der Waals surface area contributed by atoms with E-state index in [1.54, 1.807) is 0 Å². The van der Waals surface area contributed by atoms with Crippen molar-refractivity contribution >= 4 is 5.96 Å². The Kier molecular flexibility index (Phi) is 6.07. The van der Waals surface area contributed by atoms with Crippen LogP contribution >= 0.6 is 0 Å². The SMILES string of the molecule is CC(C)Oc1ccc(C(CNC2=NCCCN2)N(C)C)cc1. The molecule has 1 aromatic carbocycles. The van der Waals surface area contributed by atoms with Crippen LogP contribution in [0.4, 0.5) is 0 Å². The highest BCUT2D eigenvalue weighted by atomic mass is 16.5. The minimum absolute atomic E-state index is 0.201. The molecule has 1 unspecified atom stereocenters. The molecule has 1 aromatic rings. The minimum atomic E-state index is 0.201. The summed E-state index contributed by atoms with van der Waals surface area (Å²) in [5.41, 5.74) is 1.27. The van der Waals surface area contributed by atoms with Gasteiger partial charge in [0.1, 0.15) is 5.75 Å². The van der Waals surface area contributed by atoms with Gasteiger partial charge in [0.25, 0.3) is 0 Å². The first-order valence-corrected chi connectivity index (χ1v) is 8.01.